The lowest BCUT2D eigenvalue weighted by Crippen LogP contribution is -2.03. The summed E-state index contributed by atoms with van der Waals surface area (Å²) in [5.74, 6) is 1.38. The first-order valence-electron chi connectivity index (χ1n) is 7.35. The van der Waals surface area contributed by atoms with Crippen molar-refractivity contribution in [2.75, 3.05) is 5.73 Å². The Bertz CT molecular complexity index is 766. The summed E-state index contributed by atoms with van der Waals surface area (Å²) in [6.45, 7) is 3.97. The number of nitrogens with two attached hydrogens (primary N) is 1. The predicted molar refractivity (Wildman–Crippen MR) is 81.5 cm³/mol. The zero-order valence-electron chi connectivity index (χ0n) is 12.9. The van der Waals surface area contributed by atoms with Crippen molar-refractivity contribution >= 4 is 5.82 Å². The van der Waals surface area contributed by atoms with Crippen molar-refractivity contribution in [3.63, 3.8) is 0 Å². The second kappa shape index (κ2) is 6.47. The Morgan fingerprint density at radius 1 is 1.17 bits per heavy atom. The van der Waals surface area contributed by atoms with Gasteiger partial charge in [0, 0.05) is 0 Å². The maximum Gasteiger partial charge on any atom is 0.267 e. The summed E-state index contributed by atoms with van der Waals surface area (Å²) in [6.07, 6.45) is 1.76. The number of benzene rings is 1. The van der Waals surface area contributed by atoms with Crippen LogP contribution in [0, 0.1) is 0 Å². The van der Waals surface area contributed by atoms with Gasteiger partial charge in [0.2, 0.25) is 5.82 Å². The summed E-state index contributed by atoms with van der Waals surface area (Å²) in [5.41, 5.74) is 7.13. The van der Waals surface area contributed by atoms with Gasteiger partial charge in [-0.05, 0) is 41.4 Å². The van der Waals surface area contributed by atoms with E-state index in [-0.39, 0.29) is 17.3 Å². The number of nitrogens with zero attached hydrogens (tertiary/aromatic N) is 4. The Balaban J connectivity index is 1.70. The molecule has 0 saturated carbocycles. The maximum atomic E-state index is 5.81. The summed E-state index contributed by atoms with van der Waals surface area (Å²) in [6, 6.07) is 7.95. The van der Waals surface area contributed by atoms with E-state index in [9.17, 15) is 0 Å². The number of rotatable bonds is 6. The van der Waals surface area contributed by atoms with Crippen LogP contribution < -0.4 is 10.5 Å². The molecule has 0 aliphatic rings. The predicted octanol–water partition coefficient (Wildman–Crippen LogP) is 2.79. The largest absolute Gasteiger partial charge is 0.481 e. The molecule has 8 heteroatoms. The molecule has 0 bridgehead atoms. The molecule has 0 saturated heterocycles. The summed E-state index contributed by atoms with van der Waals surface area (Å²) in [5, 5.41) is 10.9. The van der Waals surface area contributed by atoms with Gasteiger partial charge in [0.15, 0.2) is 17.6 Å². The minimum absolute atomic E-state index is 0.109. The Labute approximate surface area is 132 Å². The number of hydrogen-bond acceptors (Lipinski definition) is 8. The fraction of sp³-hybridized carbons (Fsp3) is 0.333. The number of aromatic nitrogens is 4. The Hall–Kier alpha value is -2.90. The minimum Gasteiger partial charge on any atom is -0.481 e. The van der Waals surface area contributed by atoms with E-state index in [4.69, 9.17) is 15.0 Å². The normalized spacial score (nSPS) is 12.3. The summed E-state index contributed by atoms with van der Waals surface area (Å²) in [4.78, 5) is 4.21. The molecule has 120 valence electrons. The fourth-order valence-corrected chi connectivity index (χ4v) is 2.12. The van der Waals surface area contributed by atoms with Gasteiger partial charge in [-0.2, -0.15) is 4.98 Å². The topological polar surface area (TPSA) is 113 Å². The van der Waals surface area contributed by atoms with Gasteiger partial charge in [0.25, 0.3) is 5.89 Å². The average molecular weight is 315 g/mol. The molecule has 1 atom stereocenters. The van der Waals surface area contributed by atoms with Crippen molar-refractivity contribution in [1.82, 2.24) is 20.5 Å². The molecule has 0 spiro atoms. The molecule has 0 unspecified atom stereocenters. The van der Waals surface area contributed by atoms with Crippen LogP contribution in [0.4, 0.5) is 5.82 Å². The van der Waals surface area contributed by atoms with Crippen LogP contribution in [0.25, 0.3) is 11.5 Å². The minimum atomic E-state index is -0.408. The van der Waals surface area contributed by atoms with E-state index in [1.807, 2.05) is 31.2 Å². The SMILES string of the molecule is CCCc1ccc(O[C@H](C)c2nc(-c3nonc3N)no2)cc1. The number of ether oxygens (including phenoxy) is 1. The van der Waals surface area contributed by atoms with Crippen LogP contribution in [0.1, 0.15) is 37.8 Å². The lowest BCUT2D eigenvalue weighted by atomic mass is 10.1. The summed E-state index contributed by atoms with van der Waals surface area (Å²) < 4.78 is 15.5. The van der Waals surface area contributed by atoms with Crippen LogP contribution in [-0.4, -0.2) is 20.5 Å². The van der Waals surface area contributed by atoms with E-state index >= 15 is 0 Å². The molecule has 0 aliphatic heterocycles. The zero-order chi connectivity index (χ0) is 16.2. The average Bonchev–Trinajstić information content (AvgIpc) is 3.18. The zero-order valence-corrected chi connectivity index (χ0v) is 12.9. The number of aryl methyl sites for hydroxylation is 1. The third-order valence-electron chi connectivity index (χ3n) is 3.29. The van der Waals surface area contributed by atoms with E-state index in [1.165, 1.54) is 5.56 Å². The third kappa shape index (κ3) is 3.31. The molecule has 0 radical (unpaired) electrons. The molecule has 2 heterocycles. The van der Waals surface area contributed by atoms with Crippen molar-refractivity contribution in [2.24, 2.45) is 0 Å². The fourth-order valence-electron chi connectivity index (χ4n) is 2.12. The van der Waals surface area contributed by atoms with Crippen LogP contribution in [0.15, 0.2) is 33.4 Å². The molecule has 8 nitrogen and oxygen atoms in total. The van der Waals surface area contributed by atoms with Crippen molar-refractivity contribution in [3.8, 4) is 17.3 Å². The van der Waals surface area contributed by atoms with Gasteiger partial charge in [0.05, 0.1) is 0 Å². The van der Waals surface area contributed by atoms with Crippen LogP contribution >= 0.6 is 0 Å². The molecule has 0 amide bonds. The molecule has 0 fully saturated rings. The molecule has 2 aromatic heterocycles. The van der Waals surface area contributed by atoms with Crippen LogP contribution in [0.2, 0.25) is 0 Å². The van der Waals surface area contributed by atoms with Gasteiger partial charge in [-0.1, -0.05) is 30.6 Å². The Morgan fingerprint density at radius 2 is 1.96 bits per heavy atom. The monoisotopic (exact) mass is 315 g/mol. The van der Waals surface area contributed by atoms with Gasteiger partial charge in [-0.15, -0.1) is 0 Å². The molecule has 23 heavy (non-hydrogen) atoms. The van der Waals surface area contributed by atoms with Crippen molar-refractivity contribution in [1.29, 1.82) is 0 Å². The second-order valence-corrected chi connectivity index (χ2v) is 5.11. The maximum absolute atomic E-state index is 5.81. The molecular formula is C15H17N5O3. The van der Waals surface area contributed by atoms with Gasteiger partial charge >= 0.3 is 0 Å². The quantitative estimate of drug-likeness (QED) is 0.738. The molecular weight excluding hydrogens is 298 g/mol. The van der Waals surface area contributed by atoms with E-state index in [2.05, 4.69) is 32.0 Å². The second-order valence-electron chi connectivity index (χ2n) is 5.11. The summed E-state index contributed by atoms with van der Waals surface area (Å²) >= 11 is 0. The number of nitrogen functional groups attached to an aromatic ring is 1. The van der Waals surface area contributed by atoms with Crippen LogP contribution in [-0.2, 0) is 6.42 Å². The third-order valence-corrected chi connectivity index (χ3v) is 3.29. The molecule has 1 aromatic carbocycles. The lowest BCUT2D eigenvalue weighted by molar-refractivity contribution is 0.176. The van der Waals surface area contributed by atoms with Crippen molar-refractivity contribution < 1.29 is 13.9 Å². The van der Waals surface area contributed by atoms with Gasteiger partial charge in [-0.3, -0.25) is 0 Å². The molecule has 2 N–H and O–H groups in total. The number of hydrogen-bond donors (Lipinski definition) is 1. The van der Waals surface area contributed by atoms with Crippen molar-refractivity contribution in [3.05, 3.63) is 35.7 Å². The van der Waals surface area contributed by atoms with Gasteiger partial charge < -0.3 is 15.0 Å². The molecule has 0 aliphatic carbocycles. The highest BCUT2D eigenvalue weighted by Gasteiger charge is 2.20. The first kappa shape index (κ1) is 15.0. The Morgan fingerprint density at radius 3 is 2.61 bits per heavy atom. The first-order valence-corrected chi connectivity index (χ1v) is 7.35. The van der Waals surface area contributed by atoms with E-state index in [0.29, 0.717) is 5.89 Å². The first-order chi connectivity index (χ1) is 11.2. The van der Waals surface area contributed by atoms with E-state index < -0.39 is 6.10 Å². The van der Waals surface area contributed by atoms with E-state index in [0.717, 1.165) is 18.6 Å². The van der Waals surface area contributed by atoms with Gasteiger partial charge in [-0.25, -0.2) is 4.63 Å². The molecule has 3 aromatic rings. The lowest BCUT2D eigenvalue weighted by Gasteiger charge is -2.11. The Kier molecular flexibility index (Phi) is 4.22. The standard InChI is InChI=1S/C15H17N5O3/c1-3-4-10-5-7-11(8-6-10)21-9(2)15-17-14(20-22-15)12-13(16)19-23-18-12/h5-9H,3-4H2,1-2H3,(H2,16,19)/t9-/m1/s1. The van der Waals surface area contributed by atoms with Crippen LogP contribution in [0.5, 0.6) is 5.75 Å². The summed E-state index contributed by atoms with van der Waals surface area (Å²) in [7, 11) is 0. The number of anilines is 1. The van der Waals surface area contributed by atoms with E-state index in [1.54, 1.807) is 0 Å². The highest BCUT2D eigenvalue weighted by molar-refractivity contribution is 5.61. The van der Waals surface area contributed by atoms with Crippen molar-refractivity contribution in [2.45, 2.75) is 32.8 Å². The highest BCUT2D eigenvalue weighted by Crippen LogP contribution is 2.24. The van der Waals surface area contributed by atoms with Gasteiger partial charge in [0.1, 0.15) is 5.75 Å². The smallest absolute Gasteiger partial charge is 0.267 e. The molecule has 3 rings (SSSR count). The highest BCUT2D eigenvalue weighted by atomic mass is 16.6. The van der Waals surface area contributed by atoms with Crippen LogP contribution in [0.3, 0.4) is 0 Å².